The minimum atomic E-state index is -3.75. The van der Waals surface area contributed by atoms with Crippen molar-refractivity contribution in [3.63, 3.8) is 0 Å². The predicted octanol–water partition coefficient (Wildman–Crippen LogP) is 3.47. The molecule has 4 N–H and O–H groups in total. The second kappa shape index (κ2) is 15.3. The second-order valence-corrected chi connectivity index (χ2v) is 19.7. The van der Waals surface area contributed by atoms with Gasteiger partial charge in [-0.2, -0.15) is 4.31 Å². The summed E-state index contributed by atoms with van der Waals surface area (Å²) in [6, 6.07) is -4.03. The van der Waals surface area contributed by atoms with Crippen LogP contribution in [0.5, 0.6) is 0 Å². The van der Waals surface area contributed by atoms with Crippen molar-refractivity contribution < 1.29 is 32.4 Å². The Kier molecular flexibility index (Phi) is 12.3. The van der Waals surface area contributed by atoms with Gasteiger partial charge in [-0.1, -0.05) is 67.2 Å². The fourth-order valence-corrected chi connectivity index (χ4v) is 11.2. The molecule has 0 aromatic rings. The SMILES string of the molecule is CCC[C@H](NC(=O)[C@@H]1[C@@H]2[C@H](CN1C(=O)[C@@H](NC(=O)NC1(CS(=O)(=O)N(C(C)C)C(C)C)CCCCC1)C(C)(C)C)C2(C)C)C(=O)C(=O)NC1CC1. The third kappa shape index (κ3) is 9.26. The first-order chi connectivity index (χ1) is 23.6. The van der Waals surface area contributed by atoms with Crippen molar-refractivity contribution in [3.8, 4) is 0 Å². The maximum Gasteiger partial charge on any atom is 0.315 e. The molecule has 0 aromatic carbocycles. The molecule has 0 unspecified atom stereocenters. The third-order valence-corrected chi connectivity index (χ3v) is 13.9. The highest BCUT2D eigenvalue weighted by atomic mass is 32.2. The molecule has 3 saturated carbocycles. The van der Waals surface area contributed by atoms with Crippen molar-refractivity contribution in [2.75, 3.05) is 12.3 Å². The number of piperidine rings is 1. The highest BCUT2D eigenvalue weighted by Gasteiger charge is 2.70. The van der Waals surface area contributed by atoms with Crippen LogP contribution >= 0.6 is 0 Å². The number of carbonyl (C=O) groups is 5. The summed E-state index contributed by atoms with van der Waals surface area (Å²) in [5, 5.41) is 11.5. The van der Waals surface area contributed by atoms with Crippen LogP contribution in [0.2, 0.25) is 0 Å². The number of ketones is 1. The van der Waals surface area contributed by atoms with Crippen LogP contribution in [-0.2, 0) is 29.2 Å². The monoisotopic (exact) mass is 736 g/mol. The molecule has 290 valence electrons. The number of amides is 5. The van der Waals surface area contributed by atoms with E-state index in [0.717, 1.165) is 32.1 Å². The molecule has 0 radical (unpaired) electrons. The number of nitrogens with zero attached hydrogens (tertiary/aromatic N) is 2. The summed E-state index contributed by atoms with van der Waals surface area (Å²) in [4.78, 5) is 69.8. The molecule has 0 bridgehead atoms. The number of hydrogen-bond donors (Lipinski definition) is 4. The summed E-state index contributed by atoms with van der Waals surface area (Å²) in [7, 11) is -3.75. The average molecular weight is 737 g/mol. The van der Waals surface area contributed by atoms with Crippen LogP contribution in [0.3, 0.4) is 0 Å². The Labute approximate surface area is 305 Å². The Hall–Kier alpha value is -2.74. The number of fused-ring (bicyclic) bond motifs is 1. The average Bonchev–Trinajstić information content (AvgIpc) is 3.85. The Bertz CT molecular complexity index is 1440. The molecule has 14 heteroatoms. The first-order valence-electron chi connectivity index (χ1n) is 19.1. The summed E-state index contributed by atoms with van der Waals surface area (Å²) in [5.74, 6) is -2.60. The number of urea groups is 1. The first kappa shape index (κ1) is 41.0. The largest absolute Gasteiger partial charge is 0.347 e. The van der Waals surface area contributed by atoms with E-state index in [1.54, 1.807) is 0 Å². The van der Waals surface area contributed by atoms with Crippen molar-refractivity contribution in [3.05, 3.63) is 0 Å². The maximum absolute atomic E-state index is 14.5. The molecular formula is C37H64N6O7S. The van der Waals surface area contributed by atoms with Crippen LogP contribution in [0.25, 0.3) is 0 Å². The van der Waals surface area contributed by atoms with E-state index in [0.29, 0.717) is 25.8 Å². The van der Waals surface area contributed by atoms with Crippen molar-refractivity contribution in [1.29, 1.82) is 0 Å². The Morgan fingerprint density at radius 3 is 2.02 bits per heavy atom. The molecule has 1 aliphatic heterocycles. The van der Waals surface area contributed by atoms with Crippen LogP contribution in [0.4, 0.5) is 4.79 Å². The minimum Gasteiger partial charge on any atom is -0.347 e. The van der Waals surface area contributed by atoms with Gasteiger partial charge in [-0.15, -0.1) is 0 Å². The predicted molar refractivity (Wildman–Crippen MR) is 196 cm³/mol. The molecule has 1 saturated heterocycles. The first-order valence-corrected chi connectivity index (χ1v) is 20.7. The standard InChI is InChI=1S/C37H64N6O7S/c1-11-15-26(29(44)32(46)38-24-16-17-24)39-31(45)28-27-25(36(27,9)10)20-42(28)33(47)30(35(6,7)8)40-34(48)41-37(18-13-12-14-19-37)21-51(49,50)43(22(2)3)23(4)5/h22-28,30H,11-21H2,1-10H3,(H,38,46)(H,39,45)(H2,40,41,48)/t25-,26-,27-,28-,30+/m0/s1. The Morgan fingerprint density at radius 2 is 1.51 bits per heavy atom. The van der Waals surface area contributed by atoms with Gasteiger partial charge in [0.2, 0.25) is 27.6 Å². The molecule has 5 atom stereocenters. The van der Waals surface area contributed by atoms with Gasteiger partial charge in [-0.05, 0) is 82.5 Å². The van der Waals surface area contributed by atoms with Crippen LogP contribution in [-0.4, -0.2) is 101 Å². The molecule has 1 heterocycles. The summed E-state index contributed by atoms with van der Waals surface area (Å²) in [6.07, 6.45) is 6.01. The van der Waals surface area contributed by atoms with Gasteiger partial charge in [-0.25, -0.2) is 13.2 Å². The quantitative estimate of drug-likeness (QED) is 0.186. The van der Waals surface area contributed by atoms with Crippen molar-refractivity contribution >= 4 is 39.6 Å². The van der Waals surface area contributed by atoms with Crippen molar-refractivity contribution in [2.45, 2.75) is 169 Å². The van der Waals surface area contributed by atoms with E-state index in [4.69, 9.17) is 0 Å². The van der Waals surface area contributed by atoms with Gasteiger partial charge in [0.25, 0.3) is 5.91 Å². The lowest BCUT2D eigenvalue weighted by atomic mass is 9.83. The summed E-state index contributed by atoms with van der Waals surface area (Å²) in [6.45, 7) is 19.2. The lowest BCUT2D eigenvalue weighted by Gasteiger charge is -2.42. The zero-order valence-corrected chi connectivity index (χ0v) is 33.4. The third-order valence-electron chi connectivity index (χ3n) is 11.5. The van der Waals surface area contributed by atoms with Crippen LogP contribution < -0.4 is 21.3 Å². The molecule has 0 spiro atoms. The van der Waals surface area contributed by atoms with E-state index in [1.807, 2.05) is 55.4 Å². The fraction of sp³-hybridized carbons (Fsp3) is 0.865. The van der Waals surface area contributed by atoms with Gasteiger partial charge >= 0.3 is 6.03 Å². The number of rotatable bonds is 15. The smallest absolute Gasteiger partial charge is 0.315 e. The maximum atomic E-state index is 14.5. The number of nitrogens with one attached hydrogen (secondary N) is 4. The molecule has 0 aromatic heterocycles. The molecule has 4 aliphatic rings. The fourth-order valence-electron chi connectivity index (χ4n) is 8.69. The topological polar surface area (TPSA) is 174 Å². The highest BCUT2D eigenvalue weighted by Crippen LogP contribution is 2.65. The molecule has 51 heavy (non-hydrogen) atoms. The van der Waals surface area contributed by atoms with Gasteiger partial charge in [0, 0.05) is 24.7 Å². The summed E-state index contributed by atoms with van der Waals surface area (Å²) >= 11 is 0. The minimum absolute atomic E-state index is 0.00148. The van der Waals surface area contributed by atoms with Crippen LogP contribution in [0, 0.1) is 22.7 Å². The van der Waals surface area contributed by atoms with E-state index in [9.17, 15) is 32.4 Å². The zero-order valence-electron chi connectivity index (χ0n) is 32.6. The number of sulfonamides is 1. The lowest BCUT2D eigenvalue weighted by molar-refractivity contribution is -0.145. The van der Waals surface area contributed by atoms with Gasteiger partial charge in [0.05, 0.1) is 17.3 Å². The number of Topliss-reactive ketones (excluding diaryl/α,β-unsaturated/α-hetero) is 1. The molecule has 13 nitrogen and oxygen atoms in total. The number of hydrogen-bond acceptors (Lipinski definition) is 7. The normalized spacial score (nSPS) is 25.2. The summed E-state index contributed by atoms with van der Waals surface area (Å²) < 4.78 is 29.1. The Morgan fingerprint density at radius 1 is 0.922 bits per heavy atom. The molecule has 4 rings (SSSR count). The van der Waals surface area contributed by atoms with Gasteiger partial charge in [0.1, 0.15) is 12.1 Å². The second-order valence-electron chi connectivity index (χ2n) is 17.9. The molecular weight excluding hydrogens is 673 g/mol. The van der Waals surface area contributed by atoms with Gasteiger partial charge in [0.15, 0.2) is 0 Å². The van der Waals surface area contributed by atoms with Crippen LogP contribution in [0.1, 0.15) is 127 Å². The van der Waals surface area contributed by atoms with Gasteiger partial charge in [-0.3, -0.25) is 19.2 Å². The summed E-state index contributed by atoms with van der Waals surface area (Å²) in [5.41, 5.74) is -1.96. The van der Waals surface area contributed by atoms with Crippen LogP contribution in [0.15, 0.2) is 0 Å². The van der Waals surface area contributed by atoms with E-state index >= 15 is 0 Å². The van der Waals surface area contributed by atoms with Crippen molar-refractivity contribution in [1.82, 2.24) is 30.5 Å². The van der Waals surface area contributed by atoms with E-state index in [-0.39, 0.29) is 47.6 Å². The number of likely N-dealkylation sites (tertiary alicyclic amines) is 1. The lowest BCUT2D eigenvalue weighted by Crippen LogP contribution is -2.64. The van der Waals surface area contributed by atoms with E-state index in [2.05, 4.69) is 35.1 Å². The molecule has 4 fully saturated rings. The highest BCUT2D eigenvalue weighted by molar-refractivity contribution is 7.89. The number of carbonyl (C=O) groups excluding carboxylic acids is 5. The zero-order chi connectivity index (χ0) is 38.3. The van der Waals surface area contributed by atoms with E-state index < -0.39 is 68.6 Å². The van der Waals surface area contributed by atoms with Crippen molar-refractivity contribution in [2.24, 2.45) is 22.7 Å². The molecule has 3 aliphatic carbocycles. The Balaban J connectivity index is 1.54. The van der Waals surface area contributed by atoms with E-state index in [1.165, 1.54) is 9.21 Å². The van der Waals surface area contributed by atoms with Gasteiger partial charge < -0.3 is 26.2 Å². The molecule has 5 amide bonds.